The molecule has 0 amide bonds. The molecule has 1 fully saturated rings. The molecule has 0 aliphatic carbocycles. The maximum absolute atomic E-state index is 5.09. The van der Waals surface area contributed by atoms with Crippen LogP contribution < -0.4 is 4.90 Å². The zero-order valence-electron chi connectivity index (χ0n) is 14.7. The zero-order valence-corrected chi connectivity index (χ0v) is 14.7. The van der Waals surface area contributed by atoms with Gasteiger partial charge in [-0.3, -0.25) is 0 Å². The molecule has 1 aliphatic heterocycles. The van der Waals surface area contributed by atoms with E-state index in [0.29, 0.717) is 0 Å². The Hall–Kier alpha value is -2.94. The molecule has 0 unspecified atom stereocenters. The maximum atomic E-state index is 5.09. The molecule has 3 heteroatoms. The minimum atomic E-state index is 1.00. The molecule has 26 heavy (non-hydrogen) atoms. The molecule has 0 N–H and O–H groups in total. The third kappa shape index (κ3) is 2.70. The Labute approximate surface area is 153 Å². The minimum Gasteiger partial charge on any atom is -0.356 e. The van der Waals surface area contributed by atoms with Crippen molar-refractivity contribution in [2.75, 3.05) is 18.0 Å². The van der Waals surface area contributed by atoms with Crippen LogP contribution in [-0.2, 0) is 0 Å². The summed E-state index contributed by atoms with van der Waals surface area (Å²) in [7, 11) is 0. The summed E-state index contributed by atoms with van der Waals surface area (Å²) >= 11 is 0. The lowest BCUT2D eigenvalue weighted by atomic mass is 10.1. The van der Waals surface area contributed by atoms with E-state index in [2.05, 4.69) is 59.5 Å². The van der Waals surface area contributed by atoms with Crippen LogP contribution in [0.15, 0.2) is 66.7 Å². The second kappa shape index (κ2) is 6.41. The Morgan fingerprint density at radius 2 is 1.46 bits per heavy atom. The predicted molar refractivity (Wildman–Crippen MR) is 109 cm³/mol. The second-order valence-electron chi connectivity index (χ2n) is 6.99. The Kier molecular flexibility index (Phi) is 3.78. The number of fused-ring (bicyclic) bond motifs is 2. The van der Waals surface area contributed by atoms with Gasteiger partial charge >= 0.3 is 0 Å². The predicted octanol–water partition coefficient (Wildman–Crippen LogP) is 5.44. The van der Waals surface area contributed by atoms with E-state index in [-0.39, 0.29) is 0 Å². The fraction of sp³-hybridized carbons (Fsp3) is 0.217. The number of hydrogen-bond donors (Lipinski definition) is 0. The molecule has 0 radical (unpaired) electrons. The van der Waals surface area contributed by atoms with Gasteiger partial charge in [0.05, 0.1) is 16.7 Å². The molecule has 5 rings (SSSR count). The molecule has 0 bridgehead atoms. The van der Waals surface area contributed by atoms with Gasteiger partial charge < -0.3 is 4.90 Å². The summed E-state index contributed by atoms with van der Waals surface area (Å²) in [6.45, 7) is 2.15. The van der Waals surface area contributed by atoms with Gasteiger partial charge in [0.1, 0.15) is 5.82 Å². The molecule has 1 saturated heterocycles. The highest BCUT2D eigenvalue weighted by molar-refractivity contribution is 5.99. The van der Waals surface area contributed by atoms with Gasteiger partial charge in [-0.1, -0.05) is 48.5 Å². The Morgan fingerprint density at radius 3 is 2.31 bits per heavy atom. The number of rotatable bonds is 2. The number of nitrogens with zero attached hydrogens (tertiary/aromatic N) is 3. The van der Waals surface area contributed by atoms with Crippen molar-refractivity contribution in [3.63, 3.8) is 0 Å². The van der Waals surface area contributed by atoms with E-state index in [0.717, 1.165) is 46.6 Å². The quantitative estimate of drug-likeness (QED) is 0.455. The lowest BCUT2D eigenvalue weighted by molar-refractivity contribution is 0.575. The van der Waals surface area contributed by atoms with Crippen molar-refractivity contribution in [2.45, 2.75) is 19.3 Å². The van der Waals surface area contributed by atoms with Crippen LogP contribution in [0.1, 0.15) is 19.3 Å². The number of aromatic nitrogens is 2. The maximum Gasteiger partial charge on any atom is 0.138 e. The normalized spacial score (nSPS) is 14.8. The Bertz CT molecular complexity index is 1070. The summed E-state index contributed by atoms with van der Waals surface area (Å²) < 4.78 is 0. The molecule has 3 heterocycles. The van der Waals surface area contributed by atoms with E-state index in [1.807, 2.05) is 12.1 Å². The van der Waals surface area contributed by atoms with Gasteiger partial charge in [0.2, 0.25) is 0 Å². The van der Waals surface area contributed by atoms with Crippen molar-refractivity contribution in [1.29, 1.82) is 0 Å². The van der Waals surface area contributed by atoms with Crippen molar-refractivity contribution in [1.82, 2.24) is 9.97 Å². The van der Waals surface area contributed by atoms with E-state index < -0.39 is 0 Å². The number of para-hydroxylation sites is 1. The highest BCUT2D eigenvalue weighted by Gasteiger charge is 2.18. The summed E-state index contributed by atoms with van der Waals surface area (Å²) in [6, 6.07) is 23.1. The number of anilines is 1. The third-order valence-corrected chi connectivity index (χ3v) is 5.22. The molecule has 128 valence electrons. The molecule has 0 atom stereocenters. The largest absolute Gasteiger partial charge is 0.356 e. The lowest BCUT2D eigenvalue weighted by Gasteiger charge is -2.29. The SMILES string of the molecule is c1ccc(-c2cc3nc4ccccc4cc3c(N3CCCCC3)n2)cc1. The summed E-state index contributed by atoms with van der Waals surface area (Å²) in [5, 5.41) is 2.33. The number of piperidine rings is 1. The van der Waals surface area contributed by atoms with E-state index >= 15 is 0 Å². The Balaban J connectivity index is 1.78. The monoisotopic (exact) mass is 339 g/mol. The van der Waals surface area contributed by atoms with Crippen LogP contribution >= 0.6 is 0 Å². The average molecular weight is 339 g/mol. The van der Waals surface area contributed by atoms with Gasteiger partial charge in [-0.25, -0.2) is 9.97 Å². The first-order valence-corrected chi connectivity index (χ1v) is 9.39. The van der Waals surface area contributed by atoms with E-state index in [4.69, 9.17) is 9.97 Å². The average Bonchev–Trinajstić information content (AvgIpc) is 2.73. The van der Waals surface area contributed by atoms with Crippen molar-refractivity contribution >= 4 is 27.6 Å². The molecule has 2 aromatic heterocycles. The van der Waals surface area contributed by atoms with Gasteiger partial charge in [-0.05, 0) is 37.5 Å². The first-order chi connectivity index (χ1) is 12.9. The van der Waals surface area contributed by atoms with Crippen LogP contribution in [-0.4, -0.2) is 23.1 Å². The van der Waals surface area contributed by atoms with E-state index in [1.165, 1.54) is 24.6 Å². The van der Waals surface area contributed by atoms with Gasteiger partial charge in [-0.15, -0.1) is 0 Å². The topological polar surface area (TPSA) is 29.0 Å². The van der Waals surface area contributed by atoms with E-state index in [9.17, 15) is 0 Å². The van der Waals surface area contributed by atoms with Gasteiger partial charge in [-0.2, -0.15) is 0 Å². The third-order valence-electron chi connectivity index (χ3n) is 5.22. The van der Waals surface area contributed by atoms with Crippen LogP contribution in [0, 0.1) is 0 Å². The van der Waals surface area contributed by atoms with Gasteiger partial charge in [0.25, 0.3) is 0 Å². The Morgan fingerprint density at radius 1 is 0.692 bits per heavy atom. The molecule has 0 spiro atoms. The van der Waals surface area contributed by atoms with Crippen molar-refractivity contribution in [3.05, 3.63) is 66.7 Å². The van der Waals surface area contributed by atoms with Crippen molar-refractivity contribution in [2.24, 2.45) is 0 Å². The molecular formula is C23H21N3. The minimum absolute atomic E-state index is 1.00. The molecule has 1 aliphatic rings. The highest BCUT2D eigenvalue weighted by atomic mass is 15.2. The van der Waals surface area contributed by atoms with Crippen LogP contribution in [0.2, 0.25) is 0 Å². The van der Waals surface area contributed by atoms with Crippen LogP contribution in [0.25, 0.3) is 33.1 Å². The summed E-state index contributed by atoms with van der Waals surface area (Å²) in [5.41, 5.74) is 4.21. The van der Waals surface area contributed by atoms with Crippen LogP contribution in [0.4, 0.5) is 5.82 Å². The molecule has 0 saturated carbocycles. The molecule has 2 aromatic carbocycles. The molecule has 3 nitrogen and oxygen atoms in total. The summed E-state index contributed by atoms with van der Waals surface area (Å²) in [6.07, 6.45) is 3.79. The highest BCUT2D eigenvalue weighted by Crippen LogP contribution is 2.32. The van der Waals surface area contributed by atoms with Crippen LogP contribution in [0.5, 0.6) is 0 Å². The summed E-state index contributed by atoms with van der Waals surface area (Å²) in [4.78, 5) is 12.5. The first kappa shape index (κ1) is 15.3. The van der Waals surface area contributed by atoms with Crippen molar-refractivity contribution < 1.29 is 0 Å². The zero-order chi connectivity index (χ0) is 17.3. The number of pyridine rings is 2. The second-order valence-corrected chi connectivity index (χ2v) is 6.99. The summed E-state index contributed by atoms with van der Waals surface area (Å²) in [5.74, 6) is 1.08. The first-order valence-electron chi connectivity index (χ1n) is 9.39. The van der Waals surface area contributed by atoms with Gasteiger partial charge in [0.15, 0.2) is 0 Å². The number of hydrogen-bond acceptors (Lipinski definition) is 3. The van der Waals surface area contributed by atoms with Crippen molar-refractivity contribution in [3.8, 4) is 11.3 Å². The smallest absolute Gasteiger partial charge is 0.138 e. The molecule has 4 aromatic rings. The fourth-order valence-electron chi connectivity index (χ4n) is 3.86. The van der Waals surface area contributed by atoms with E-state index in [1.54, 1.807) is 0 Å². The standard InChI is InChI=1S/C23H21N3/c1-3-9-17(10-4-1)21-16-22-19(15-18-11-5-6-12-20(18)24-22)23(25-21)26-13-7-2-8-14-26/h1,3-6,9-12,15-16H,2,7-8,13-14H2. The fourth-order valence-corrected chi connectivity index (χ4v) is 3.86. The van der Waals surface area contributed by atoms with Crippen LogP contribution in [0.3, 0.4) is 0 Å². The molecular weight excluding hydrogens is 318 g/mol. The lowest BCUT2D eigenvalue weighted by Crippen LogP contribution is -2.30. The van der Waals surface area contributed by atoms with Gasteiger partial charge in [0, 0.05) is 29.4 Å². The number of benzene rings is 2.